The van der Waals surface area contributed by atoms with Gasteiger partial charge >= 0.3 is 0 Å². The average molecular weight is 407 g/mol. The molecule has 0 aliphatic heterocycles. The maximum atomic E-state index is 12.3. The average Bonchev–Trinajstić information content (AvgIpc) is 3.27. The summed E-state index contributed by atoms with van der Waals surface area (Å²) in [6.45, 7) is 0.307. The van der Waals surface area contributed by atoms with Gasteiger partial charge in [0.15, 0.2) is 11.6 Å². The fourth-order valence-corrected chi connectivity index (χ4v) is 3.64. The van der Waals surface area contributed by atoms with Gasteiger partial charge in [0.05, 0.1) is 28.5 Å². The van der Waals surface area contributed by atoms with Gasteiger partial charge in [0, 0.05) is 18.2 Å². The van der Waals surface area contributed by atoms with Crippen molar-refractivity contribution in [2.45, 2.75) is 19.4 Å². The Morgan fingerprint density at radius 1 is 0.931 bits per heavy atom. The van der Waals surface area contributed by atoms with Gasteiger partial charge in [-0.25, -0.2) is 0 Å². The Morgan fingerprint density at radius 2 is 1.66 bits per heavy atom. The fraction of sp³-hybridized carbons (Fsp3) is 0.182. The second-order valence-corrected chi connectivity index (χ2v) is 7.50. The summed E-state index contributed by atoms with van der Waals surface area (Å²) in [6.07, 6.45) is 2.58. The molecule has 2 heterocycles. The van der Waals surface area contributed by atoms with E-state index in [-0.39, 0.29) is 24.0 Å². The quantitative estimate of drug-likeness (QED) is 0.531. The van der Waals surface area contributed by atoms with E-state index in [1.54, 1.807) is 30.5 Å². The molecule has 3 rings (SSSR count). The fourth-order valence-electron chi connectivity index (χ4n) is 2.72. The van der Waals surface area contributed by atoms with Crippen LogP contribution in [0.5, 0.6) is 0 Å². The van der Waals surface area contributed by atoms with Crippen molar-refractivity contribution in [2.75, 3.05) is 6.54 Å². The molecule has 0 atom stereocenters. The Hall–Kier alpha value is -3.16. The largest absolute Gasteiger partial charge is 0.346 e. The van der Waals surface area contributed by atoms with Crippen molar-refractivity contribution in [2.24, 2.45) is 5.73 Å². The summed E-state index contributed by atoms with van der Waals surface area (Å²) in [5.41, 5.74) is 7.66. The number of ketones is 2. The lowest BCUT2D eigenvalue weighted by molar-refractivity contribution is 0.0947. The molecular formula is C22H21N3O3S. The van der Waals surface area contributed by atoms with E-state index in [1.807, 2.05) is 30.3 Å². The van der Waals surface area contributed by atoms with Crippen LogP contribution < -0.4 is 11.1 Å². The van der Waals surface area contributed by atoms with Gasteiger partial charge in [-0.05, 0) is 48.4 Å². The Kier molecular flexibility index (Phi) is 6.99. The molecule has 3 N–H and O–H groups in total. The van der Waals surface area contributed by atoms with Crippen LogP contribution in [0.15, 0.2) is 60.8 Å². The number of carbonyl (C=O) groups excluding carboxylic acids is 3. The van der Waals surface area contributed by atoms with Gasteiger partial charge in [-0.2, -0.15) is 0 Å². The number of thiophene rings is 1. The van der Waals surface area contributed by atoms with E-state index >= 15 is 0 Å². The van der Waals surface area contributed by atoms with Crippen LogP contribution in [-0.4, -0.2) is 29.0 Å². The molecule has 0 saturated carbocycles. The Balaban J connectivity index is 1.51. The van der Waals surface area contributed by atoms with Gasteiger partial charge in [0.1, 0.15) is 0 Å². The number of hydrogen-bond acceptors (Lipinski definition) is 6. The van der Waals surface area contributed by atoms with Crippen LogP contribution in [0.2, 0.25) is 0 Å². The molecule has 3 aromatic rings. The summed E-state index contributed by atoms with van der Waals surface area (Å²) >= 11 is 1.18. The molecule has 0 unspecified atom stereocenters. The van der Waals surface area contributed by atoms with Crippen molar-refractivity contribution in [3.05, 3.63) is 87.4 Å². The lowest BCUT2D eigenvalue weighted by Crippen LogP contribution is -2.23. The second kappa shape index (κ2) is 9.86. The van der Waals surface area contributed by atoms with E-state index < -0.39 is 0 Å². The molecule has 0 aliphatic carbocycles. The number of aromatic nitrogens is 1. The minimum absolute atomic E-state index is 0.0109. The number of rotatable bonds is 9. The van der Waals surface area contributed by atoms with Crippen LogP contribution >= 0.6 is 11.3 Å². The van der Waals surface area contributed by atoms with E-state index in [0.29, 0.717) is 34.7 Å². The standard InChI is InChI=1S/C22H21N3O3S/c23-13-19(27)21-11-10-20(29-21)18(26)9-6-15-4-7-16(8-5-15)22(28)25-14-17-3-1-2-12-24-17/h1-5,7-8,10-12H,6,9,13-14,23H2,(H,25,28). The van der Waals surface area contributed by atoms with Crippen molar-refractivity contribution in [3.63, 3.8) is 0 Å². The third-order valence-electron chi connectivity index (χ3n) is 4.35. The molecule has 29 heavy (non-hydrogen) atoms. The summed E-state index contributed by atoms with van der Waals surface area (Å²) in [4.78, 5) is 41.4. The molecule has 1 aromatic carbocycles. The molecule has 0 bridgehead atoms. The zero-order chi connectivity index (χ0) is 20.6. The number of nitrogens with one attached hydrogen (secondary N) is 1. The Morgan fingerprint density at radius 3 is 2.31 bits per heavy atom. The lowest BCUT2D eigenvalue weighted by atomic mass is 10.0. The Bertz CT molecular complexity index is 998. The first-order valence-electron chi connectivity index (χ1n) is 9.20. The van der Waals surface area contributed by atoms with Crippen molar-refractivity contribution in [1.29, 1.82) is 0 Å². The van der Waals surface area contributed by atoms with Crippen LogP contribution in [0.1, 0.15) is 47.4 Å². The molecule has 0 fully saturated rings. The molecule has 6 nitrogen and oxygen atoms in total. The van der Waals surface area contributed by atoms with Gasteiger partial charge in [-0.15, -0.1) is 11.3 Å². The molecule has 1 amide bonds. The second-order valence-electron chi connectivity index (χ2n) is 6.42. The minimum atomic E-state index is -0.172. The van der Waals surface area contributed by atoms with Gasteiger partial charge < -0.3 is 11.1 Å². The van der Waals surface area contributed by atoms with Gasteiger partial charge in [0.25, 0.3) is 5.91 Å². The van der Waals surface area contributed by atoms with E-state index in [4.69, 9.17) is 5.73 Å². The summed E-state index contributed by atoms with van der Waals surface area (Å²) in [7, 11) is 0. The predicted molar refractivity (Wildman–Crippen MR) is 112 cm³/mol. The minimum Gasteiger partial charge on any atom is -0.346 e. The number of pyridine rings is 1. The molecule has 148 valence electrons. The summed E-state index contributed by atoms with van der Waals surface area (Å²) < 4.78 is 0. The van der Waals surface area contributed by atoms with E-state index in [2.05, 4.69) is 10.3 Å². The van der Waals surface area contributed by atoms with Crippen LogP contribution in [0, 0.1) is 0 Å². The van der Waals surface area contributed by atoms with E-state index in [1.165, 1.54) is 11.3 Å². The molecule has 7 heteroatoms. The highest BCUT2D eigenvalue weighted by Crippen LogP contribution is 2.19. The van der Waals surface area contributed by atoms with Crippen LogP contribution in [0.25, 0.3) is 0 Å². The first-order valence-corrected chi connectivity index (χ1v) is 10.0. The lowest BCUT2D eigenvalue weighted by Gasteiger charge is -2.06. The van der Waals surface area contributed by atoms with Crippen LogP contribution in [0.4, 0.5) is 0 Å². The number of aryl methyl sites for hydroxylation is 1. The summed E-state index contributed by atoms with van der Waals surface area (Å²) in [5, 5.41) is 2.83. The van der Waals surface area contributed by atoms with Crippen molar-refractivity contribution < 1.29 is 14.4 Å². The van der Waals surface area contributed by atoms with Crippen LogP contribution in [-0.2, 0) is 13.0 Å². The number of Topliss-reactive ketones (excluding diaryl/α,β-unsaturated/α-hetero) is 2. The molecular weight excluding hydrogens is 386 g/mol. The number of carbonyl (C=O) groups is 3. The van der Waals surface area contributed by atoms with Crippen molar-refractivity contribution in [1.82, 2.24) is 10.3 Å². The number of nitrogens with zero attached hydrogens (tertiary/aromatic N) is 1. The number of amides is 1. The Labute approximate surface area is 172 Å². The normalized spacial score (nSPS) is 10.5. The zero-order valence-electron chi connectivity index (χ0n) is 15.8. The highest BCUT2D eigenvalue weighted by atomic mass is 32.1. The third-order valence-corrected chi connectivity index (χ3v) is 5.52. The molecule has 0 aliphatic rings. The van der Waals surface area contributed by atoms with Crippen molar-refractivity contribution >= 4 is 28.8 Å². The maximum Gasteiger partial charge on any atom is 0.251 e. The summed E-state index contributed by atoms with van der Waals surface area (Å²) in [6, 6.07) is 16.1. The van der Waals surface area contributed by atoms with E-state index in [9.17, 15) is 14.4 Å². The molecule has 0 saturated heterocycles. The first kappa shape index (κ1) is 20.6. The molecule has 2 aromatic heterocycles. The number of benzene rings is 1. The highest BCUT2D eigenvalue weighted by Gasteiger charge is 2.13. The zero-order valence-corrected chi connectivity index (χ0v) is 16.6. The third kappa shape index (κ3) is 5.66. The molecule has 0 spiro atoms. The number of hydrogen-bond donors (Lipinski definition) is 2. The summed E-state index contributed by atoms with van der Waals surface area (Å²) in [5.74, 6) is -0.344. The van der Waals surface area contributed by atoms with Gasteiger partial charge in [-0.3, -0.25) is 19.4 Å². The number of nitrogens with two attached hydrogens (primary N) is 1. The van der Waals surface area contributed by atoms with Gasteiger partial charge in [-0.1, -0.05) is 18.2 Å². The van der Waals surface area contributed by atoms with Gasteiger partial charge in [0.2, 0.25) is 0 Å². The van der Waals surface area contributed by atoms with Crippen LogP contribution in [0.3, 0.4) is 0 Å². The smallest absolute Gasteiger partial charge is 0.251 e. The topological polar surface area (TPSA) is 102 Å². The maximum absolute atomic E-state index is 12.3. The monoisotopic (exact) mass is 407 g/mol. The first-order chi connectivity index (χ1) is 14.1. The predicted octanol–water partition coefficient (Wildman–Crippen LogP) is 3.03. The van der Waals surface area contributed by atoms with E-state index in [0.717, 1.165) is 11.3 Å². The van der Waals surface area contributed by atoms with Crippen molar-refractivity contribution in [3.8, 4) is 0 Å². The SMILES string of the molecule is NCC(=O)c1ccc(C(=O)CCc2ccc(C(=O)NCc3ccccn3)cc2)s1. The molecule has 0 radical (unpaired) electrons. The highest BCUT2D eigenvalue weighted by molar-refractivity contribution is 7.16.